The van der Waals surface area contributed by atoms with E-state index in [4.69, 9.17) is 15.0 Å². The Balaban J connectivity index is -0.0000000150. The largest absolute Gasteiger partial charge is 0.503 e. The first-order valence-electron chi connectivity index (χ1n) is 0.651. The van der Waals surface area contributed by atoms with Crippen LogP contribution in [0.15, 0.2) is 0 Å². The Kier molecular flexibility index (Phi) is 54.8. The average Bonchev–Trinajstić information content (AvgIpc) is 0.811. The third-order valence-corrected chi connectivity index (χ3v) is 0. The minimum absolute atomic E-state index is 0. The summed E-state index contributed by atoms with van der Waals surface area (Å²) in [5.41, 5.74) is 0. The summed E-state index contributed by atoms with van der Waals surface area (Å²) in [6.07, 6.45) is -1.83. The molecule has 0 aromatic carbocycles. The minimum atomic E-state index is -1.83. The fraction of sp³-hybridized carbons (Fsp3) is 0. The third kappa shape index (κ3) is 163. The second-order valence-electron chi connectivity index (χ2n) is 0.283. The van der Waals surface area contributed by atoms with Gasteiger partial charge >= 0.3 is 29.2 Å². The molecule has 0 atom stereocenters. The van der Waals surface area contributed by atoms with Gasteiger partial charge in [-0.2, -0.15) is 0 Å². The predicted octanol–water partition coefficient (Wildman–Crippen LogP) is -0.699. The summed E-state index contributed by atoms with van der Waals surface area (Å²) in [5, 5.41) is 13.9. The first-order valence-corrected chi connectivity index (χ1v) is 0.651. The van der Waals surface area contributed by atoms with Gasteiger partial charge in [-0.05, 0) is 0 Å². The van der Waals surface area contributed by atoms with Crippen molar-refractivity contribution in [2.75, 3.05) is 0 Å². The van der Waals surface area contributed by atoms with Crippen LogP contribution < -0.4 is 0 Å². The third-order valence-electron chi connectivity index (χ3n) is 0. The van der Waals surface area contributed by atoms with Gasteiger partial charge in [0.15, 0.2) is 0 Å². The molecule has 0 unspecified atom stereocenters. The summed E-state index contributed by atoms with van der Waals surface area (Å²) in [7, 11) is 0. The monoisotopic (exact) mass is 202 g/mol. The summed E-state index contributed by atoms with van der Waals surface area (Å²) in [6.45, 7) is 0. The van der Waals surface area contributed by atoms with Crippen LogP contribution in [-0.2, 0) is 33.6 Å². The topological polar surface area (TPSA) is 57.5 Å². The molecule has 0 aliphatic carbocycles. The van der Waals surface area contributed by atoms with Gasteiger partial charge in [-0.3, -0.25) is 0 Å². The van der Waals surface area contributed by atoms with E-state index in [9.17, 15) is 0 Å². The summed E-state index contributed by atoms with van der Waals surface area (Å²) >= 11 is 0. The van der Waals surface area contributed by atoms with Gasteiger partial charge in [0, 0.05) is 33.6 Å². The number of rotatable bonds is 0. The quantitative estimate of drug-likeness (QED) is 0.511. The Bertz CT molecular complexity index is 37.9. The maximum atomic E-state index is 8.56. The number of carboxylic acid groups (broad SMARTS) is 2. The predicted molar refractivity (Wildman–Crippen MR) is 19.2 cm³/mol. The van der Waals surface area contributed by atoms with Crippen molar-refractivity contribution in [2.24, 2.45) is 0 Å². The molecule has 0 rings (SSSR count). The van der Waals surface area contributed by atoms with E-state index >= 15 is 0 Å². The second-order valence-corrected chi connectivity index (χ2v) is 0.283. The second kappa shape index (κ2) is 15.7. The normalized spacial score (nSPS) is 3.43. The fourth-order valence-electron chi connectivity index (χ4n) is 0. The van der Waals surface area contributed by atoms with E-state index in [2.05, 4.69) is 0 Å². The molecule has 7 heavy (non-hydrogen) atoms. The molecular formula is CH4FeMgNiO3. The molecule has 0 heterocycles. The van der Waals surface area contributed by atoms with E-state index < -0.39 is 6.16 Å². The molecule has 46 valence electrons. The van der Waals surface area contributed by atoms with Crippen LogP contribution in [0.5, 0.6) is 0 Å². The zero-order chi connectivity index (χ0) is 3.58. The average molecular weight is 203 g/mol. The number of hydrogen-bond donors (Lipinski definition) is 2. The molecule has 0 aromatic heterocycles. The van der Waals surface area contributed by atoms with Crippen molar-refractivity contribution in [1.29, 1.82) is 0 Å². The van der Waals surface area contributed by atoms with Gasteiger partial charge in [0.25, 0.3) is 0 Å². The van der Waals surface area contributed by atoms with Gasteiger partial charge < -0.3 is 10.2 Å². The molecule has 0 aliphatic rings. The Morgan fingerprint density at radius 3 is 1.29 bits per heavy atom. The molecule has 0 amide bonds. The number of carbonyl (C=O) groups is 1. The molecule has 0 bridgehead atoms. The van der Waals surface area contributed by atoms with Crippen LogP contribution in [0, 0.1) is 0 Å². The van der Waals surface area contributed by atoms with Crippen molar-refractivity contribution in [1.82, 2.24) is 0 Å². The van der Waals surface area contributed by atoms with Crippen molar-refractivity contribution in [3.63, 3.8) is 0 Å². The van der Waals surface area contributed by atoms with Crippen LogP contribution in [-0.4, -0.2) is 39.4 Å². The van der Waals surface area contributed by atoms with E-state index in [1.807, 2.05) is 0 Å². The molecule has 3 nitrogen and oxygen atoms in total. The van der Waals surface area contributed by atoms with Crippen molar-refractivity contribution in [3.05, 3.63) is 0 Å². The molecule has 0 spiro atoms. The van der Waals surface area contributed by atoms with Gasteiger partial charge in [-0.1, -0.05) is 0 Å². The SMILES string of the molecule is O=C(O)O.[Fe].[MgH2].[Ni]. The van der Waals surface area contributed by atoms with Crippen LogP contribution in [0.25, 0.3) is 0 Å². The van der Waals surface area contributed by atoms with Crippen LogP contribution in [0.3, 0.4) is 0 Å². The van der Waals surface area contributed by atoms with E-state index in [1.54, 1.807) is 0 Å². The van der Waals surface area contributed by atoms with Gasteiger partial charge in [-0.15, -0.1) is 0 Å². The van der Waals surface area contributed by atoms with Crippen molar-refractivity contribution in [2.45, 2.75) is 0 Å². The van der Waals surface area contributed by atoms with Crippen LogP contribution in [0.4, 0.5) is 4.79 Å². The molecule has 0 radical (unpaired) electrons. The molecule has 0 aliphatic heterocycles. The van der Waals surface area contributed by atoms with Gasteiger partial charge in [-0.25, -0.2) is 4.79 Å². The minimum Gasteiger partial charge on any atom is -0.450 e. The summed E-state index contributed by atoms with van der Waals surface area (Å²) in [5.74, 6) is 0. The molecule has 2 N–H and O–H groups in total. The standard InChI is InChI=1S/CH2O3.Fe.Mg.Ni.2H/c2-1(3)4;;;;;/h(H2,2,3,4);;;;;. The summed E-state index contributed by atoms with van der Waals surface area (Å²) in [6, 6.07) is 0. The Morgan fingerprint density at radius 1 is 1.29 bits per heavy atom. The molecule has 0 fully saturated rings. The van der Waals surface area contributed by atoms with Crippen molar-refractivity contribution >= 4 is 29.2 Å². The summed E-state index contributed by atoms with van der Waals surface area (Å²) < 4.78 is 0. The van der Waals surface area contributed by atoms with E-state index in [-0.39, 0.29) is 56.6 Å². The van der Waals surface area contributed by atoms with E-state index in [1.165, 1.54) is 0 Å². The zero-order valence-electron chi connectivity index (χ0n) is 2.47. The van der Waals surface area contributed by atoms with E-state index in [0.29, 0.717) is 0 Å². The van der Waals surface area contributed by atoms with E-state index in [0.717, 1.165) is 0 Å². The molecule has 0 saturated carbocycles. The van der Waals surface area contributed by atoms with Gasteiger partial charge in [0.1, 0.15) is 0 Å². The molecular weight excluding hydrogens is 199 g/mol. The summed E-state index contributed by atoms with van der Waals surface area (Å²) in [4.78, 5) is 8.56. The Labute approximate surface area is 77.4 Å². The molecule has 6 heteroatoms. The first-order chi connectivity index (χ1) is 1.73. The zero-order valence-corrected chi connectivity index (χ0v) is 4.56. The van der Waals surface area contributed by atoms with Gasteiger partial charge in [0.2, 0.25) is 0 Å². The van der Waals surface area contributed by atoms with Crippen LogP contribution in [0.1, 0.15) is 0 Å². The molecule has 0 aromatic rings. The first kappa shape index (κ1) is 24.4. The number of hydrogen-bond acceptors (Lipinski definition) is 1. The van der Waals surface area contributed by atoms with Crippen molar-refractivity contribution in [3.8, 4) is 0 Å². The Hall–Kier alpha value is 1.05. The fourth-order valence-corrected chi connectivity index (χ4v) is 0. The van der Waals surface area contributed by atoms with Gasteiger partial charge in [0.05, 0.1) is 0 Å². The Morgan fingerprint density at radius 2 is 1.29 bits per heavy atom. The smallest absolute Gasteiger partial charge is 0.450 e. The maximum Gasteiger partial charge on any atom is 0.503 e. The van der Waals surface area contributed by atoms with Crippen molar-refractivity contribution < 1.29 is 48.6 Å². The van der Waals surface area contributed by atoms with Crippen LogP contribution >= 0.6 is 0 Å². The molecule has 0 saturated heterocycles. The van der Waals surface area contributed by atoms with Crippen LogP contribution in [0.2, 0.25) is 0 Å². The maximum absolute atomic E-state index is 8.56.